The summed E-state index contributed by atoms with van der Waals surface area (Å²) in [5.41, 5.74) is 2.23. The van der Waals surface area contributed by atoms with E-state index >= 15 is 0 Å². The minimum absolute atomic E-state index is 0.0885. The molecule has 176 valence electrons. The molecule has 3 aromatic rings. The molecule has 0 aromatic heterocycles. The number of halogens is 2. The van der Waals surface area contributed by atoms with Crippen LogP contribution in [0.25, 0.3) is 0 Å². The van der Waals surface area contributed by atoms with Crippen molar-refractivity contribution in [3.63, 3.8) is 0 Å². The first kappa shape index (κ1) is 24.2. The van der Waals surface area contributed by atoms with Crippen LogP contribution in [-0.2, 0) is 9.59 Å². The fourth-order valence-corrected chi connectivity index (χ4v) is 3.71. The monoisotopic (exact) mass is 508 g/mol. The highest BCUT2D eigenvalue weighted by atomic mass is 35.5. The summed E-state index contributed by atoms with van der Waals surface area (Å²) >= 11 is 12.3. The van der Waals surface area contributed by atoms with E-state index < -0.39 is 17.8 Å². The minimum atomic E-state index is -0.671. The standard InChI is InChI=1S/C26H18Cl2N2O5/c1-14-3-10-19(13-21(14)27)30-24(32)22(28)23(25(30)33)29-18-8-4-17(5-9-18)26(34)35-20-11-6-16(7-12-20)15(2)31/h3-13,29H,1-2H3. The largest absolute Gasteiger partial charge is 0.423 e. The zero-order chi connectivity index (χ0) is 25.3. The van der Waals surface area contributed by atoms with Gasteiger partial charge in [-0.2, -0.15) is 0 Å². The number of carbonyl (C=O) groups excluding carboxylic acids is 4. The van der Waals surface area contributed by atoms with E-state index in [1.165, 1.54) is 37.3 Å². The Kier molecular flexibility index (Phi) is 6.73. The molecule has 1 heterocycles. The number of hydrogen-bond acceptors (Lipinski definition) is 6. The van der Waals surface area contributed by atoms with Crippen LogP contribution < -0.4 is 15.0 Å². The lowest BCUT2D eigenvalue weighted by molar-refractivity contribution is -0.120. The summed E-state index contributed by atoms with van der Waals surface area (Å²) < 4.78 is 5.32. The van der Waals surface area contributed by atoms with Crippen molar-refractivity contribution >= 4 is 58.1 Å². The Morgan fingerprint density at radius 1 is 0.857 bits per heavy atom. The molecule has 4 rings (SSSR count). The Morgan fingerprint density at radius 3 is 2.09 bits per heavy atom. The highest BCUT2D eigenvalue weighted by Gasteiger charge is 2.39. The third kappa shape index (κ3) is 4.96. The van der Waals surface area contributed by atoms with Crippen LogP contribution in [0.2, 0.25) is 5.02 Å². The maximum Gasteiger partial charge on any atom is 0.343 e. The van der Waals surface area contributed by atoms with E-state index in [0.29, 0.717) is 27.7 Å². The number of esters is 1. The predicted molar refractivity (Wildman–Crippen MR) is 133 cm³/mol. The van der Waals surface area contributed by atoms with E-state index in [1.807, 2.05) is 6.92 Å². The predicted octanol–water partition coefficient (Wildman–Crippen LogP) is 5.51. The maximum atomic E-state index is 12.9. The van der Waals surface area contributed by atoms with Crippen LogP contribution in [0, 0.1) is 6.92 Å². The Bertz CT molecular complexity index is 1400. The number of anilines is 2. The lowest BCUT2D eigenvalue weighted by atomic mass is 10.1. The molecule has 0 radical (unpaired) electrons. The van der Waals surface area contributed by atoms with Crippen molar-refractivity contribution in [1.29, 1.82) is 0 Å². The smallest absolute Gasteiger partial charge is 0.343 e. The average molecular weight is 509 g/mol. The number of aryl methyl sites for hydroxylation is 1. The lowest BCUT2D eigenvalue weighted by Crippen LogP contribution is -2.32. The van der Waals surface area contributed by atoms with Gasteiger partial charge >= 0.3 is 5.97 Å². The number of benzene rings is 3. The molecule has 7 nitrogen and oxygen atoms in total. The van der Waals surface area contributed by atoms with Crippen LogP contribution >= 0.6 is 23.2 Å². The Labute approximate surface area is 210 Å². The van der Waals surface area contributed by atoms with Gasteiger partial charge in [0, 0.05) is 16.3 Å². The Hall–Kier alpha value is -3.94. The number of nitrogens with one attached hydrogen (secondary N) is 1. The molecule has 2 amide bonds. The van der Waals surface area contributed by atoms with Crippen molar-refractivity contribution in [3.05, 3.63) is 99.2 Å². The topological polar surface area (TPSA) is 92.8 Å². The van der Waals surface area contributed by atoms with Gasteiger partial charge < -0.3 is 10.1 Å². The van der Waals surface area contributed by atoms with Crippen LogP contribution in [0.15, 0.2) is 77.5 Å². The quantitative estimate of drug-likeness (QED) is 0.204. The average Bonchev–Trinajstić information content (AvgIpc) is 3.04. The molecule has 0 saturated carbocycles. The molecule has 1 aliphatic rings. The number of imide groups is 1. The fraction of sp³-hybridized carbons (Fsp3) is 0.0769. The van der Waals surface area contributed by atoms with E-state index in [9.17, 15) is 19.2 Å². The zero-order valence-electron chi connectivity index (χ0n) is 18.6. The summed E-state index contributed by atoms with van der Waals surface area (Å²) in [7, 11) is 0. The van der Waals surface area contributed by atoms with Gasteiger partial charge in [0.2, 0.25) is 0 Å². The summed E-state index contributed by atoms with van der Waals surface area (Å²) in [6, 6.07) is 17.2. The zero-order valence-corrected chi connectivity index (χ0v) is 20.1. The van der Waals surface area contributed by atoms with Crippen LogP contribution in [-0.4, -0.2) is 23.6 Å². The van der Waals surface area contributed by atoms with E-state index in [0.717, 1.165) is 10.5 Å². The minimum Gasteiger partial charge on any atom is -0.423 e. The first-order valence-electron chi connectivity index (χ1n) is 10.4. The Balaban J connectivity index is 1.46. The molecule has 1 aliphatic heterocycles. The van der Waals surface area contributed by atoms with Gasteiger partial charge in [-0.25, -0.2) is 9.69 Å². The van der Waals surface area contributed by atoms with Gasteiger partial charge in [0.15, 0.2) is 5.78 Å². The molecule has 0 atom stereocenters. The molecule has 0 saturated heterocycles. The molecular formula is C26H18Cl2N2O5. The van der Waals surface area contributed by atoms with Crippen molar-refractivity contribution in [2.75, 3.05) is 10.2 Å². The third-order valence-electron chi connectivity index (χ3n) is 5.30. The molecule has 0 spiro atoms. The number of Topliss-reactive ketones (excluding diaryl/α,β-unsaturated/α-hetero) is 1. The van der Waals surface area contributed by atoms with Gasteiger partial charge in [0.1, 0.15) is 16.5 Å². The van der Waals surface area contributed by atoms with Crippen molar-refractivity contribution in [2.24, 2.45) is 0 Å². The van der Waals surface area contributed by atoms with Gasteiger partial charge in [0.05, 0.1) is 11.3 Å². The number of hydrogen-bond donors (Lipinski definition) is 1. The van der Waals surface area contributed by atoms with Gasteiger partial charge in [-0.05, 0) is 80.1 Å². The Morgan fingerprint density at radius 2 is 1.49 bits per heavy atom. The first-order valence-corrected chi connectivity index (χ1v) is 11.2. The summed E-state index contributed by atoms with van der Waals surface area (Å²) in [5.74, 6) is -1.69. The first-order chi connectivity index (χ1) is 16.7. The van der Waals surface area contributed by atoms with Crippen LogP contribution in [0.1, 0.15) is 33.2 Å². The lowest BCUT2D eigenvalue weighted by Gasteiger charge is -2.16. The van der Waals surface area contributed by atoms with Crippen molar-refractivity contribution < 1.29 is 23.9 Å². The van der Waals surface area contributed by atoms with Gasteiger partial charge in [-0.15, -0.1) is 0 Å². The van der Waals surface area contributed by atoms with E-state index in [2.05, 4.69) is 5.32 Å². The molecule has 3 aromatic carbocycles. The normalized spacial score (nSPS) is 13.3. The number of carbonyl (C=O) groups is 4. The van der Waals surface area contributed by atoms with Crippen LogP contribution in [0.4, 0.5) is 11.4 Å². The number of amides is 2. The molecule has 0 bridgehead atoms. The number of ether oxygens (including phenoxy) is 1. The third-order valence-corrected chi connectivity index (χ3v) is 6.06. The van der Waals surface area contributed by atoms with Crippen molar-refractivity contribution in [2.45, 2.75) is 13.8 Å². The maximum absolute atomic E-state index is 12.9. The van der Waals surface area contributed by atoms with E-state index in [1.54, 1.807) is 36.4 Å². The molecule has 1 N–H and O–H groups in total. The van der Waals surface area contributed by atoms with Gasteiger partial charge in [0.25, 0.3) is 11.8 Å². The molecule has 35 heavy (non-hydrogen) atoms. The molecule has 0 aliphatic carbocycles. The second kappa shape index (κ2) is 9.74. The van der Waals surface area contributed by atoms with Gasteiger partial charge in [-0.3, -0.25) is 14.4 Å². The highest BCUT2D eigenvalue weighted by Crippen LogP contribution is 2.32. The molecule has 9 heteroatoms. The summed E-state index contributed by atoms with van der Waals surface area (Å²) in [5, 5.41) is 3.00. The fourth-order valence-electron chi connectivity index (χ4n) is 3.32. The summed E-state index contributed by atoms with van der Waals surface area (Å²) in [6.07, 6.45) is 0. The highest BCUT2D eigenvalue weighted by molar-refractivity contribution is 6.53. The number of nitrogens with zero attached hydrogens (tertiary/aromatic N) is 1. The molecule has 0 fully saturated rings. The van der Waals surface area contributed by atoms with E-state index in [-0.39, 0.29) is 22.1 Å². The van der Waals surface area contributed by atoms with Gasteiger partial charge in [-0.1, -0.05) is 29.3 Å². The summed E-state index contributed by atoms with van der Waals surface area (Å²) in [6.45, 7) is 3.26. The molecular weight excluding hydrogens is 491 g/mol. The van der Waals surface area contributed by atoms with Crippen LogP contribution in [0.3, 0.4) is 0 Å². The van der Waals surface area contributed by atoms with E-state index in [4.69, 9.17) is 27.9 Å². The van der Waals surface area contributed by atoms with Crippen molar-refractivity contribution in [1.82, 2.24) is 0 Å². The number of rotatable bonds is 6. The second-order valence-corrected chi connectivity index (χ2v) is 8.53. The second-order valence-electron chi connectivity index (χ2n) is 7.74. The SMILES string of the molecule is CC(=O)c1ccc(OC(=O)c2ccc(NC3=C(Cl)C(=O)N(c4ccc(C)c(Cl)c4)C3=O)cc2)cc1. The van der Waals surface area contributed by atoms with Crippen LogP contribution in [0.5, 0.6) is 5.75 Å². The summed E-state index contributed by atoms with van der Waals surface area (Å²) in [4.78, 5) is 50.3. The van der Waals surface area contributed by atoms with Crippen molar-refractivity contribution in [3.8, 4) is 5.75 Å². The molecule has 0 unspecified atom stereocenters. The number of ketones is 1.